The van der Waals surface area contributed by atoms with Crippen LogP contribution in [0.4, 0.5) is 5.69 Å². The van der Waals surface area contributed by atoms with E-state index in [-0.39, 0.29) is 25.4 Å². The van der Waals surface area contributed by atoms with Crippen LogP contribution in [-0.4, -0.2) is 41.3 Å². The summed E-state index contributed by atoms with van der Waals surface area (Å²) < 4.78 is 41.1. The highest BCUT2D eigenvalue weighted by Crippen LogP contribution is 2.33. The summed E-state index contributed by atoms with van der Waals surface area (Å²) in [5.41, 5.74) is 0.342. The Bertz CT molecular complexity index is 833. The molecule has 9 heteroatoms. The molecular weight excluding hydrogens is 360 g/mol. The van der Waals surface area contributed by atoms with E-state index < -0.39 is 10.0 Å². The fraction of sp³-hybridized carbons (Fsp3) is 0.353. The van der Waals surface area contributed by atoms with Gasteiger partial charge in [0.2, 0.25) is 15.9 Å². The third-order valence-corrected chi connectivity index (χ3v) is 4.82. The van der Waals surface area contributed by atoms with Gasteiger partial charge in [-0.25, -0.2) is 8.42 Å². The van der Waals surface area contributed by atoms with E-state index in [2.05, 4.69) is 5.32 Å². The molecule has 0 bridgehead atoms. The van der Waals surface area contributed by atoms with Gasteiger partial charge in [-0.05, 0) is 24.3 Å². The Hall–Kier alpha value is -2.68. The number of nitrogens with zero attached hydrogens (tertiary/aromatic N) is 1. The second-order valence-electron chi connectivity index (χ2n) is 5.48. The number of nitrogens with one attached hydrogen (secondary N) is 1. The maximum atomic E-state index is 12.2. The number of hydrogen-bond acceptors (Lipinski definition) is 6. The molecule has 0 aliphatic rings. The van der Waals surface area contributed by atoms with Gasteiger partial charge in [-0.2, -0.15) is 0 Å². The van der Waals surface area contributed by atoms with Gasteiger partial charge >= 0.3 is 0 Å². The van der Waals surface area contributed by atoms with Crippen molar-refractivity contribution in [2.45, 2.75) is 13.0 Å². The molecule has 0 spiro atoms. The topological polar surface area (TPSA) is 98.1 Å². The van der Waals surface area contributed by atoms with Crippen LogP contribution in [0, 0.1) is 0 Å². The Labute approximate surface area is 152 Å². The minimum absolute atomic E-state index is 0.0110. The summed E-state index contributed by atoms with van der Waals surface area (Å²) >= 11 is 0. The molecular formula is C17H22N2O6S. The maximum Gasteiger partial charge on any atom is 0.232 e. The highest BCUT2D eigenvalue weighted by atomic mass is 32.2. The lowest BCUT2D eigenvalue weighted by atomic mass is 10.2. The minimum Gasteiger partial charge on any atom is -0.497 e. The van der Waals surface area contributed by atoms with Crippen LogP contribution in [0.3, 0.4) is 0 Å². The van der Waals surface area contributed by atoms with E-state index >= 15 is 0 Å². The quantitative estimate of drug-likeness (QED) is 0.710. The Balaban J connectivity index is 2.10. The fourth-order valence-electron chi connectivity index (χ4n) is 2.35. The van der Waals surface area contributed by atoms with E-state index in [1.807, 2.05) is 0 Å². The Kier molecular flexibility index (Phi) is 6.51. The van der Waals surface area contributed by atoms with E-state index in [1.165, 1.54) is 20.5 Å². The SMILES string of the molecule is COc1ccc(N(CCC(=O)NCc2ccco2)S(C)(=O)=O)c(OC)c1. The number of hydrogen-bond donors (Lipinski definition) is 1. The van der Waals surface area contributed by atoms with Gasteiger partial charge in [-0.15, -0.1) is 0 Å². The number of benzene rings is 1. The average Bonchev–Trinajstić information content (AvgIpc) is 3.12. The van der Waals surface area contributed by atoms with Crippen molar-refractivity contribution in [3.8, 4) is 11.5 Å². The molecule has 8 nitrogen and oxygen atoms in total. The van der Waals surface area contributed by atoms with Crippen molar-refractivity contribution in [3.63, 3.8) is 0 Å². The van der Waals surface area contributed by atoms with Crippen LogP contribution in [0.5, 0.6) is 11.5 Å². The predicted octanol–water partition coefficient (Wildman–Crippen LogP) is 1.77. The van der Waals surface area contributed by atoms with Crippen LogP contribution in [0.15, 0.2) is 41.0 Å². The molecule has 0 fully saturated rings. The molecule has 0 aliphatic heterocycles. The lowest BCUT2D eigenvalue weighted by Gasteiger charge is -2.24. The molecule has 0 aliphatic carbocycles. The van der Waals surface area contributed by atoms with Crippen molar-refractivity contribution >= 4 is 21.6 Å². The molecule has 0 atom stereocenters. The number of amides is 1. The van der Waals surface area contributed by atoms with Crippen LogP contribution in [0.2, 0.25) is 0 Å². The van der Waals surface area contributed by atoms with Gasteiger partial charge < -0.3 is 19.2 Å². The van der Waals surface area contributed by atoms with E-state index in [9.17, 15) is 13.2 Å². The molecule has 1 aromatic carbocycles. The first-order chi connectivity index (χ1) is 12.3. The molecule has 0 saturated heterocycles. The average molecular weight is 382 g/mol. The van der Waals surface area contributed by atoms with Gasteiger partial charge in [0.15, 0.2) is 0 Å². The number of rotatable bonds is 9. The lowest BCUT2D eigenvalue weighted by Crippen LogP contribution is -2.34. The fourth-order valence-corrected chi connectivity index (χ4v) is 3.28. The van der Waals surface area contributed by atoms with Crippen LogP contribution in [0.25, 0.3) is 0 Å². The molecule has 1 N–H and O–H groups in total. The smallest absolute Gasteiger partial charge is 0.232 e. The largest absolute Gasteiger partial charge is 0.497 e. The molecule has 26 heavy (non-hydrogen) atoms. The molecule has 0 radical (unpaired) electrons. The van der Waals surface area contributed by atoms with Gasteiger partial charge in [0.1, 0.15) is 17.3 Å². The third-order valence-electron chi connectivity index (χ3n) is 3.64. The van der Waals surface area contributed by atoms with Gasteiger partial charge in [0.05, 0.1) is 39.0 Å². The van der Waals surface area contributed by atoms with Gasteiger partial charge in [-0.1, -0.05) is 0 Å². The summed E-state index contributed by atoms with van der Waals surface area (Å²) in [5.74, 6) is 1.21. The Morgan fingerprint density at radius 2 is 2.00 bits per heavy atom. The number of carbonyl (C=O) groups is 1. The zero-order valence-electron chi connectivity index (χ0n) is 14.9. The molecule has 1 aromatic heterocycles. The Morgan fingerprint density at radius 1 is 1.23 bits per heavy atom. The molecule has 0 unspecified atom stereocenters. The normalized spacial score (nSPS) is 11.0. The molecule has 2 rings (SSSR count). The third kappa shape index (κ3) is 5.16. The van der Waals surface area contributed by atoms with E-state index in [1.54, 1.807) is 30.3 Å². The highest BCUT2D eigenvalue weighted by molar-refractivity contribution is 7.92. The van der Waals surface area contributed by atoms with Crippen molar-refractivity contribution in [1.82, 2.24) is 5.32 Å². The summed E-state index contributed by atoms with van der Waals surface area (Å²) in [6.45, 7) is 0.224. The van der Waals surface area contributed by atoms with Gasteiger partial charge in [0.25, 0.3) is 0 Å². The number of sulfonamides is 1. The molecule has 1 amide bonds. The molecule has 2 aromatic rings. The first kappa shape index (κ1) is 19.6. The van der Waals surface area contributed by atoms with Gasteiger partial charge in [-0.3, -0.25) is 9.10 Å². The number of carbonyl (C=O) groups excluding carboxylic acids is 1. The monoisotopic (exact) mass is 382 g/mol. The number of methoxy groups -OCH3 is 2. The van der Waals surface area contributed by atoms with Crippen molar-refractivity contribution in [3.05, 3.63) is 42.4 Å². The highest BCUT2D eigenvalue weighted by Gasteiger charge is 2.22. The summed E-state index contributed by atoms with van der Waals surface area (Å²) in [5, 5.41) is 2.68. The van der Waals surface area contributed by atoms with Gasteiger partial charge in [0, 0.05) is 19.0 Å². The predicted molar refractivity (Wildman–Crippen MR) is 96.9 cm³/mol. The van der Waals surface area contributed by atoms with Crippen molar-refractivity contribution in [2.24, 2.45) is 0 Å². The molecule has 142 valence electrons. The number of furan rings is 1. The van der Waals surface area contributed by atoms with Crippen molar-refractivity contribution in [1.29, 1.82) is 0 Å². The number of ether oxygens (including phenoxy) is 2. The molecule has 0 saturated carbocycles. The van der Waals surface area contributed by atoms with E-state index in [4.69, 9.17) is 13.9 Å². The van der Waals surface area contributed by atoms with Crippen LogP contribution >= 0.6 is 0 Å². The zero-order chi connectivity index (χ0) is 19.2. The van der Waals surface area contributed by atoms with Crippen molar-refractivity contribution < 1.29 is 27.1 Å². The summed E-state index contributed by atoms with van der Waals surface area (Å²) in [4.78, 5) is 12.0. The van der Waals surface area contributed by atoms with Crippen LogP contribution in [0.1, 0.15) is 12.2 Å². The second-order valence-corrected chi connectivity index (χ2v) is 7.39. The van der Waals surface area contributed by atoms with Crippen molar-refractivity contribution in [2.75, 3.05) is 31.3 Å². The number of anilines is 1. The van der Waals surface area contributed by atoms with Crippen LogP contribution in [-0.2, 0) is 21.4 Å². The first-order valence-corrected chi connectivity index (χ1v) is 9.69. The Morgan fingerprint density at radius 3 is 2.58 bits per heavy atom. The first-order valence-electron chi connectivity index (χ1n) is 7.84. The minimum atomic E-state index is -3.61. The van der Waals surface area contributed by atoms with Crippen LogP contribution < -0.4 is 19.1 Å². The standard InChI is InChI=1S/C17H22N2O6S/c1-23-13-6-7-15(16(11-13)24-2)19(26(3,21)22)9-8-17(20)18-12-14-5-4-10-25-14/h4-7,10-11H,8-9,12H2,1-3H3,(H,18,20). The molecule has 1 heterocycles. The zero-order valence-corrected chi connectivity index (χ0v) is 15.7. The lowest BCUT2D eigenvalue weighted by molar-refractivity contribution is -0.121. The summed E-state index contributed by atoms with van der Waals surface area (Å²) in [7, 11) is -0.665. The summed E-state index contributed by atoms with van der Waals surface area (Å²) in [6.07, 6.45) is 2.59. The van der Waals surface area contributed by atoms with E-state index in [0.717, 1.165) is 10.6 Å². The van der Waals surface area contributed by atoms with E-state index in [0.29, 0.717) is 22.9 Å². The summed E-state index contributed by atoms with van der Waals surface area (Å²) in [6, 6.07) is 8.27. The maximum absolute atomic E-state index is 12.2. The second kappa shape index (κ2) is 8.61.